The molecular formula is C14H19NO2. The molecule has 17 heavy (non-hydrogen) atoms. The van der Waals surface area contributed by atoms with Gasteiger partial charge in [0.25, 0.3) is 0 Å². The Labute approximate surface area is 101 Å². The molecule has 1 heterocycles. The molecule has 1 aliphatic carbocycles. The number of rotatable bonds is 1. The Kier molecular flexibility index (Phi) is 2.69. The third-order valence-corrected chi connectivity index (χ3v) is 4.34. The molecular weight excluding hydrogens is 214 g/mol. The van der Waals surface area contributed by atoms with Crippen LogP contribution in [0.15, 0.2) is 24.3 Å². The fraction of sp³-hybridized carbons (Fsp3) is 0.571. The Morgan fingerprint density at radius 2 is 2.00 bits per heavy atom. The van der Waals surface area contributed by atoms with Crippen molar-refractivity contribution in [2.24, 2.45) is 5.92 Å². The zero-order valence-corrected chi connectivity index (χ0v) is 9.89. The van der Waals surface area contributed by atoms with Crippen molar-refractivity contribution in [1.29, 1.82) is 0 Å². The predicted octanol–water partition coefficient (Wildman–Crippen LogP) is 1.14. The molecule has 0 amide bonds. The van der Waals surface area contributed by atoms with Crippen molar-refractivity contribution in [2.75, 3.05) is 6.54 Å². The molecule has 0 unspecified atom stereocenters. The number of benzene rings is 1. The number of fused-ring (bicyclic) bond motifs is 1. The second kappa shape index (κ2) is 4.09. The highest BCUT2D eigenvalue weighted by Crippen LogP contribution is 2.46. The largest absolute Gasteiger partial charge is 0.388 e. The Balaban J connectivity index is 2.09. The summed E-state index contributed by atoms with van der Waals surface area (Å²) in [7, 11) is 0. The molecule has 1 fully saturated rings. The highest BCUT2D eigenvalue weighted by Gasteiger charge is 2.48. The Morgan fingerprint density at radius 1 is 1.24 bits per heavy atom. The Bertz CT molecular complexity index is 416. The van der Waals surface area contributed by atoms with Crippen LogP contribution in [0.2, 0.25) is 0 Å². The number of β-amino-alcohol motifs (C(OH)–C–C–N with tert-alkyl or cyclic N) is 1. The molecule has 1 aromatic carbocycles. The fourth-order valence-corrected chi connectivity index (χ4v) is 3.08. The summed E-state index contributed by atoms with van der Waals surface area (Å²) in [5.41, 5.74) is 0.971. The van der Waals surface area contributed by atoms with Crippen LogP contribution in [0.1, 0.15) is 30.4 Å². The number of hydrogen-bond donors (Lipinski definition) is 3. The first-order valence-corrected chi connectivity index (χ1v) is 6.42. The van der Waals surface area contributed by atoms with E-state index in [1.807, 2.05) is 24.3 Å². The normalized spacial score (nSPS) is 33.6. The van der Waals surface area contributed by atoms with Gasteiger partial charge in [-0.2, -0.15) is 0 Å². The van der Waals surface area contributed by atoms with Gasteiger partial charge in [-0.05, 0) is 29.9 Å². The third-order valence-electron chi connectivity index (χ3n) is 4.34. The van der Waals surface area contributed by atoms with E-state index in [0.717, 1.165) is 36.9 Å². The first kappa shape index (κ1) is 11.2. The molecule has 0 radical (unpaired) electrons. The van der Waals surface area contributed by atoms with Gasteiger partial charge in [0.1, 0.15) is 5.60 Å². The van der Waals surface area contributed by atoms with Gasteiger partial charge in [0.05, 0.1) is 6.10 Å². The van der Waals surface area contributed by atoms with Crippen molar-refractivity contribution in [3.63, 3.8) is 0 Å². The van der Waals surface area contributed by atoms with Gasteiger partial charge in [-0.3, -0.25) is 0 Å². The van der Waals surface area contributed by atoms with Crippen LogP contribution in [0.3, 0.4) is 0 Å². The second-order valence-electron chi connectivity index (χ2n) is 5.26. The van der Waals surface area contributed by atoms with Gasteiger partial charge in [-0.15, -0.1) is 0 Å². The third kappa shape index (κ3) is 1.61. The maximum Gasteiger partial charge on any atom is 0.120 e. The first-order chi connectivity index (χ1) is 8.23. The predicted molar refractivity (Wildman–Crippen MR) is 65.4 cm³/mol. The van der Waals surface area contributed by atoms with Gasteiger partial charge < -0.3 is 15.5 Å². The lowest BCUT2D eigenvalue weighted by molar-refractivity contribution is -0.137. The van der Waals surface area contributed by atoms with Gasteiger partial charge >= 0.3 is 0 Å². The van der Waals surface area contributed by atoms with Gasteiger partial charge in [-0.1, -0.05) is 30.7 Å². The minimum atomic E-state index is -1.06. The molecule has 3 N–H and O–H groups in total. The number of aliphatic hydroxyl groups is 2. The molecule has 2 aliphatic rings. The molecule has 0 aromatic heterocycles. The summed E-state index contributed by atoms with van der Waals surface area (Å²) < 4.78 is 0. The smallest absolute Gasteiger partial charge is 0.120 e. The van der Waals surface area contributed by atoms with E-state index in [1.54, 1.807) is 0 Å². The van der Waals surface area contributed by atoms with Gasteiger partial charge in [-0.25, -0.2) is 0 Å². The zero-order chi connectivity index (χ0) is 11.9. The van der Waals surface area contributed by atoms with Crippen LogP contribution in [-0.4, -0.2) is 22.9 Å². The van der Waals surface area contributed by atoms with Gasteiger partial charge in [0, 0.05) is 13.1 Å². The maximum absolute atomic E-state index is 11.0. The first-order valence-electron chi connectivity index (χ1n) is 6.42. The number of aliphatic hydroxyl groups excluding tert-OH is 1. The molecule has 0 bridgehead atoms. The summed E-state index contributed by atoms with van der Waals surface area (Å²) in [6, 6.07) is 7.92. The summed E-state index contributed by atoms with van der Waals surface area (Å²) in [5.74, 6) is 0.207. The van der Waals surface area contributed by atoms with Crippen molar-refractivity contribution in [3.8, 4) is 0 Å². The van der Waals surface area contributed by atoms with E-state index in [0.29, 0.717) is 6.54 Å². The maximum atomic E-state index is 11.0. The van der Waals surface area contributed by atoms with E-state index in [4.69, 9.17) is 0 Å². The molecule has 92 valence electrons. The van der Waals surface area contributed by atoms with Crippen LogP contribution in [0.4, 0.5) is 0 Å². The molecule has 1 aliphatic heterocycles. The van der Waals surface area contributed by atoms with Crippen molar-refractivity contribution >= 4 is 0 Å². The monoisotopic (exact) mass is 233 g/mol. The topological polar surface area (TPSA) is 52.5 Å². The van der Waals surface area contributed by atoms with Gasteiger partial charge in [0.2, 0.25) is 0 Å². The molecule has 3 rings (SSSR count). The Hall–Kier alpha value is -0.900. The zero-order valence-electron chi connectivity index (χ0n) is 9.89. The van der Waals surface area contributed by atoms with E-state index in [-0.39, 0.29) is 5.92 Å². The molecule has 0 spiro atoms. The van der Waals surface area contributed by atoms with Crippen LogP contribution in [-0.2, 0) is 12.1 Å². The standard InChI is InChI=1S/C14H19NO2/c16-13-9-15-8-10-4-1-2-7-12(10)14(13,17)11-5-3-6-11/h1-2,4,7,11,13,15-17H,3,5-6,8-9H2/t13-,14+/m0/s1. The number of hydrogen-bond acceptors (Lipinski definition) is 3. The minimum absolute atomic E-state index is 0.207. The van der Waals surface area contributed by atoms with Crippen molar-refractivity contribution in [3.05, 3.63) is 35.4 Å². The lowest BCUT2D eigenvalue weighted by Crippen LogP contribution is -2.51. The lowest BCUT2D eigenvalue weighted by Gasteiger charge is -2.44. The second-order valence-corrected chi connectivity index (χ2v) is 5.26. The summed E-state index contributed by atoms with van der Waals surface area (Å²) in [6.45, 7) is 1.18. The molecule has 3 heteroatoms. The molecule has 1 aromatic rings. The minimum Gasteiger partial charge on any atom is -0.388 e. The quantitative estimate of drug-likeness (QED) is 0.682. The van der Waals surface area contributed by atoms with Crippen molar-refractivity contribution in [2.45, 2.75) is 37.5 Å². The van der Waals surface area contributed by atoms with E-state index in [9.17, 15) is 10.2 Å². The fourth-order valence-electron chi connectivity index (χ4n) is 3.08. The van der Waals surface area contributed by atoms with E-state index in [1.165, 1.54) is 0 Å². The van der Waals surface area contributed by atoms with Gasteiger partial charge in [0.15, 0.2) is 0 Å². The summed E-state index contributed by atoms with van der Waals surface area (Å²) in [6.07, 6.45) is 2.48. The molecule has 2 atom stereocenters. The van der Waals surface area contributed by atoms with Crippen LogP contribution in [0.5, 0.6) is 0 Å². The van der Waals surface area contributed by atoms with Crippen LogP contribution < -0.4 is 5.32 Å². The molecule has 3 nitrogen and oxygen atoms in total. The van der Waals surface area contributed by atoms with E-state index in [2.05, 4.69) is 5.32 Å². The highest BCUT2D eigenvalue weighted by atomic mass is 16.3. The SMILES string of the molecule is O[C@H]1CNCc2ccccc2[C@]1(O)C1CCC1. The van der Waals surface area contributed by atoms with E-state index < -0.39 is 11.7 Å². The molecule has 0 saturated heterocycles. The van der Waals surface area contributed by atoms with Crippen LogP contribution in [0, 0.1) is 5.92 Å². The highest BCUT2D eigenvalue weighted by molar-refractivity contribution is 5.35. The summed E-state index contributed by atoms with van der Waals surface area (Å²) in [5, 5.41) is 24.5. The average molecular weight is 233 g/mol. The Morgan fingerprint density at radius 3 is 2.71 bits per heavy atom. The lowest BCUT2D eigenvalue weighted by atomic mass is 9.66. The molecule has 1 saturated carbocycles. The summed E-state index contributed by atoms with van der Waals surface area (Å²) in [4.78, 5) is 0. The van der Waals surface area contributed by atoms with Crippen molar-refractivity contribution < 1.29 is 10.2 Å². The van der Waals surface area contributed by atoms with E-state index >= 15 is 0 Å². The number of nitrogens with one attached hydrogen (secondary N) is 1. The average Bonchev–Trinajstić information content (AvgIpc) is 2.37. The summed E-state index contributed by atoms with van der Waals surface area (Å²) >= 11 is 0. The van der Waals surface area contributed by atoms with Crippen LogP contribution >= 0.6 is 0 Å². The van der Waals surface area contributed by atoms with Crippen molar-refractivity contribution in [1.82, 2.24) is 5.32 Å². The van der Waals surface area contributed by atoms with Crippen LogP contribution in [0.25, 0.3) is 0 Å².